The number of hydrogen-bond donors (Lipinski definition) is 1. The Morgan fingerprint density at radius 3 is 2.64 bits per heavy atom. The summed E-state index contributed by atoms with van der Waals surface area (Å²) in [5.74, 6) is -0.129. The predicted octanol–water partition coefficient (Wildman–Crippen LogP) is 2.70. The van der Waals surface area contributed by atoms with Crippen LogP contribution in [0.5, 0.6) is 11.5 Å². The Kier molecular flexibility index (Phi) is 4.52. The van der Waals surface area contributed by atoms with Gasteiger partial charge in [0, 0.05) is 23.5 Å². The van der Waals surface area contributed by atoms with E-state index < -0.39 is 17.2 Å². The van der Waals surface area contributed by atoms with E-state index in [9.17, 15) is 14.0 Å². The number of hydrogen-bond acceptors (Lipinski definition) is 5. The first kappa shape index (κ1) is 17.7. The van der Waals surface area contributed by atoms with Gasteiger partial charge in [-0.1, -0.05) is 12.1 Å². The molecule has 0 saturated carbocycles. The molecule has 0 bridgehead atoms. The molecule has 0 saturated heterocycles. The molecule has 1 aromatic heterocycles. The molecule has 0 fully saturated rings. The number of para-hydroxylation sites is 1. The third kappa shape index (κ3) is 3.32. The summed E-state index contributed by atoms with van der Waals surface area (Å²) < 4.78 is 26.3. The minimum Gasteiger partial charge on any atom is -0.486 e. The number of anilines is 1. The molecule has 142 valence electrons. The van der Waals surface area contributed by atoms with Crippen molar-refractivity contribution in [3.63, 3.8) is 0 Å². The van der Waals surface area contributed by atoms with Crippen LogP contribution in [0.4, 0.5) is 10.1 Å². The number of carbonyl (C=O) groups excluding carboxylic acids is 1. The van der Waals surface area contributed by atoms with Gasteiger partial charge >= 0.3 is 0 Å². The number of rotatable bonds is 3. The lowest BCUT2D eigenvalue weighted by Crippen LogP contribution is -2.27. The minimum atomic E-state index is -0.702. The standard InChI is InChI=1S/C20H16FN3O4/c1-12-10-16(25)19(23-24(12)15-5-3-2-4-14(15)21)20(26)22-13-6-7-17-18(11-13)28-9-8-27-17/h2-7,10-11H,8-9H2,1H3,(H,22,26). The summed E-state index contributed by atoms with van der Waals surface area (Å²) in [4.78, 5) is 24.9. The molecule has 1 aliphatic heterocycles. The van der Waals surface area contributed by atoms with Crippen LogP contribution in [0, 0.1) is 12.7 Å². The van der Waals surface area contributed by atoms with E-state index in [1.807, 2.05) is 0 Å². The topological polar surface area (TPSA) is 82.5 Å². The smallest absolute Gasteiger partial charge is 0.280 e. The molecule has 7 nitrogen and oxygen atoms in total. The van der Waals surface area contributed by atoms with Crippen LogP contribution in [0.2, 0.25) is 0 Å². The van der Waals surface area contributed by atoms with Crippen LogP contribution >= 0.6 is 0 Å². The van der Waals surface area contributed by atoms with E-state index >= 15 is 0 Å². The zero-order valence-corrected chi connectivity index (χ0v) is 14.9. The monoisotopic (exact) mass is 381 g/mol. The molecule has 0 unspecified atom stereocenters. The van der Waals surface area contributed by atoms with Gasteiger partial charge in [-0.05, 0) is 31.2 Å². The Hall–Kier alpha value is -3.68. The molecule has 0 spiro atoms. The Morgan fingerprint density at radius 2 is 1.86 bits per heavy atom. The number of nitrogens with zero attached hydrogens (tertiary/aromatic N) is 2. The van der Waals surface area contributed by atoms with Crippen LogP contribution in [0.3, 0.4) is 0 Å². The number of amides is 1. The van der Waals surface area contributed by atoms with Crippen molar-refractivity contribution < 1.29 is 18.7 Å². The maximum atomic E-state index is 14.1. The van der Waals surface area contributed by atoms with E-state index in [1.165, 1.54) is 22.9 Å². The fraction of sp³-hybridized carbons (Fsp3) is 0.150. The first-order valence-corrected chi connectivity index (χ1v) is 8.60. The Labute approximate surface area is 159 Å². The average molecular weight is 381 g/mol. The van der Waals surface area contributed by atoms with Gasteiger partial charge in [0.15, 0.2) is 17.2 Å². The van der Waals surface area contributed by atoms with Crippen LogP contribution in [0.15, 0.2) is 53.3 Å². The first-order valence-electron chi connectivity index (χ1n) is 8.60. The zero-order valence-electron chi connectivity index (χ0n) is 14.9. The van der Waals surface area contributed by atoms with E-state index in [2.05, 4.69) is 10.4 Å². The van der Waals surface area contributed by atoms with Crippen molar-refractivity contribution in [2.24, 2.45) is 0 Å². The summed E-state index contributed by atoms with van der Waals surface area (Å²) in [6.07, 6.45) is 0. The Balaban J connectivity index is 1.67. The lowest BCUT2D eigenvalue weighted by atomic mass is 10.2. The van der Waals surface area contributed by atoms with E-state index in [-0.39, 0.29) is 11.4 Å². The molecule has 28 heavy (non-hydrogen) atoms. The average Bonchev–Trinajstić information content (AvgIpc) is 2.69. The van der Waals surface area contributed by atoms with Crippen molar-refractivity contribution >= 4 is 11.6 Å². The molecule has 0 atom stereocenters. The SMILES string of the molecule is Cc1cc(=O)c(C(=O)Nc2ccc3c(c2)OCCO3)nn1-c1ccccc1F. The van der Waals surface area contributed by atoms with E-state index in [0.717, 1.165) is 0 Å². The highest BCUT2D eigenvalue weighted by atomic mass is 19.1. The molecule has 0 aliphatic carbocycles. The molecule has 1 amide bonds. The number of aryl methyl sites for hydroxylation is 1. The van der Waals surface area contributed by atoms with Crippen molar-refractivity contribution in [1.29, 1.82) is 0 Å². The second kappa shape index (κ2) is 7.15. The summed E-state index contributed by atoms with van der Waals surface area (Å²) in [5.41, 5.74) is 0.0803. The molecular weight excluding hydrogens is 365 g/mol. The quantitative estimate of drug-likeness (QED) is 0.754. The molecule has 3 aromatic rings. The minimum absolute atomic E-state index is 0.147. The van der Waals surface area contributed by atoms with Crippen LogP contribution < -0.4 is 20.2 Å². The predicted molar refractivity (Wildman–Crippen MR) is 99.9 cm³/mol. The highest BCUT2D eigenvalue weighted by Gasteiger charge is 2.18. The third-order valence-corrected chi connectivity index (χ3v) is 4.20. The normalized spacial score (nSPS) is 12.5. The van der Waals surface area contributed by atoms with Gasteiger partial charge in [-0.25, -0.2) is 9.07 Å². The van der Waals surface area contributed by atoms with Crippen LogP contribution in [-0.2, 0) is 0 Å². The Morgan fingerprint density at radius 1 is 1.11 bits per heavy atom. The molecule has 2 aromatic carbocycles. The molecule has 4 rings (SSSR count). The fourth-order valence-corrected chi connectivity index (χ4v) is 2.88. The van der Waals surface area contributed by atoms with Crippen LogP contribution in [-0.4, -0.2) is 28.9 Å². The number of nitrogens with one attached hydrogen (secondary N) is 1. The van der Waals surface area contributed by atoms with Crippen molar-refractivity contribution in [1.82, 2.24) is 9.78 Å². The summed E-state index contributed by atoms with van der Waals surface area (Å²) >= 11 is 0. The van der Waals surface area contributed by atoms with Crippen molar-refractivity contribution in [2.45, 2.75) is 6.92 Å². The highest BCUT2D eigenvalue weighted by molar-refractivity contribution is 6.02. The van der Waals surface area contributed by atoms with Gasteiger partial charge in [-0.2, -0.15) is 5.10 Å². The number of aromatic nitrogens is 2. The van der Waals surface area contributed by atoms with E-state index in [0.29, 0.717) is 36.1 Å². The summed E-state index contributed by atoms with van der Waals surface area (Å²) in [6, 6.07) is 12.2. The highest BCUT2D eigenvalue weighted by Crippen LogP contribution is 2.32. The van der Waals surface area contributed by atoms with Gasteiger partial charge in [-0.3, -0.25) is 9.59 Å². The zero-order chi connectivity index (χ0) is 19.7. The fourth-order valence-electron chi connectivity index (χ4n) is 2.88. The second-order valence-corrected chi connectivity index (χ2v) is 6.17. The number of ether oxygens (including phenoxy) is 2. The number of halogens is 1. The van der Waals surface area contributed by atoms with Gasteiger partial charge in [0.2, 0.25) is 5.43 Å². The molecule has 1 N–H and O–H groups in total. The van der Waals surface area contributed by atoms with Gasteiger partial charge < -0.3 is 14.8 Å². The maximum Gasteiger partial charge on any atom is 0.280 e. The number of fused-ring (bicyclic) bond motifs is 1. The largest absolute Gasteiger partial charge is 0.486 e. The lowest BCUT2D eigenvalue weighted by molar-refractivity contribution is 0.101. The van der Waals surface area contributed by atoms with E-state index in [1.54, 1.807) is 37.3 Å². The Bertz CT molecular complexity index is 1130. The third-order valence-electron chi connectivity index (χ3n) is 4.20. The first-order chi connectivity index (χ1) is 13.5. The number of benzene rings is 2. The molecule has 1 aliphatic rings. The van der Waals surface area contributed by atoms with Gasteiger partial charge in [0.25, 0.3) is 5.91 Å². The summed E-state index contributed by atoms with van der Waals surface area (Å²) in [5, 5.41) is 6.70. The van der Waals surface area contributed by atoms with Crippen molar-refractivity contribution in [2.75, 3.05) is 18.5 Å². The maximum absolute atomic E-state index is 14.1. The second-order valence-electron chi connectivity index (χ2n) is 6.17. The van der Waals surface area contributed by atoms with Crippen molar-refractivity contribution in [3.8, 4) is 17.2 Å². The molecule has 8 heteroatoms. The molecular formula is C20H16FN3O4. The summed E-state index contributed by atoms with van der Waals surface area (Å²) in [6.45, 7) is 2.49. The van der Waals surface area contributed by atoms with Crippen LogP contribution in [0.1, 0.15) is 16.2 Å². The summed E-state index contributed by atoms with van der Waals surface area (Å²) in [7, 11) is 0. The van der Waals surface area contributed by atoms with Gasteiger partial charge in [-0.15, -0.1) is 0 Å². The van der Waals surface area contributed by atoms with Gasteiger partial charge in [0.1, 0.15) is 24.7 Å². The molecule has 0 radical (unpaired) electrons. The van der Waals surface area contributed by atoms with E-state index in [4.69, 9.17) is 9.47 Å². The van der Waals surface area contributed by atoms with Crippen molar-refractivity contribution in [3.05, 3.63) is 76.0 Å². The lowest BCUT2D eigenvalue weighted by Gasteiger charge is -2.19. The number of carbonyl (C=O) groups is 1. The van der Waals surface area contributed by atoms with Crippen LogP contribution in [0.25, 0.3) is 5.69 Å². The van der Waals surface area contributed by atoms with Gasteiger partial charge in [0.05, 0.1) is 0 Å². The molecule has 2 heterocycles.